The van der Waals surface area contributed by atoms with Gasteiger partial charge in [0.2, 0.25) is 11.8 Å². The smallest absolute Gasteiger partial charge is 0.234 e. The first-order valence-corrected chi connectivity index (χ1v) is 10.8. The lowest BCUT2D eigenvalue weighted by molar-refractivity contribution is -0.132. The summed E-state index contributed by atoms with van der Waals surface area (Å²) in [6.07, 6.45) is 2.57. The number of hydrogen-bond donors (Lipinski definition) is 1. The highest BCUT2D eigenvalue weighted by Gasteiger charge is 2.26. The van der Waals surface area contributed by atoms with Crippen molar-refractivity contribution in [1.29, 1.82) is 0 Å². The normalized spacial score (nSPS) is 18.1. The maximum atomic E-state index is 12.5. The topological polar surface area (TPSA) is 65.5 Å². The summed E-state index contributed by atoms with van der Waals surface area (Å²) in [5.74, 6) is 0.227. The molecule has 1 saturated carbocycles. The number of aromatic nitrogens is 1. The fourth-order valence-corrected chi connectivity index (χ4v) is 4.56. The Kier molecular flexibility index (Phi) is 5.33. The van der Waals surface area contributed by atoms with Gasteiger partial charge in [-0.1, -0.05) is 0 Å². The zero-order valence-corrected chi connectivity index (χ0v) is 16.2. The quantitative estimate of drug-likeness (QED) is 0.817. The van der Waals surface area contributed by atoms with E-state index in [2.05, 4.69) is 20.6 Å². The molecule has 0 radical (unpaired) electrons. The number of thiazole rings is 1. The van der Waals surface area contributed by atoms with E-state index in [9.17, 15) is 9.59 Å². The van der Waals surface area contributed by atoms with Gasteiger partial charge in [0, 0.05) is 48.5 Å². The predicted molar refractivity (Wildman–Crippen MR) is 103 cm³/mol. The minimum atomic E-state index is 0.107. The number of nitrogens with zero attached hydrogens (tertiary/aromatic N) is 3. The zero-order valence-electron chi connectivity index (χ0n) is 14.5. The molecular formula is C18H22N4O2S2. The summed E-state index contributed by atoms with van der Waals surface area (Å²) in [6.45, 7) is 3.30. The summed E-state index contributed by atoms with van der Waals surface area (Å²) in [5, 5.41) is 10.1. The summed E-state index contributed by atoms with van der Waals surface area (Å²) in [6, 6.07) is 2.45. The van der Waals surface area contributed by atoms with E-state index in [0.29, 0.717) is 32.1 Å². The highest BCUT2D eigenvalue weighted by atomic mass is 32.1. The second-order valence-corrected chi connectivity index (χ2v) is 8.47. The molecule has 1 aliphatic heterocycles. The van der Waals surface area contributed by atoms with Crippen LogP contribution >= 0.6 is 22.7 Å². The lowest BCUT2D eigenvalue weighted by Gasteiger charge is -2.34. The molecule has 2 aliphatic rings. The number of thiophene rings is 1. The van der Waals surface area contributed by atoms with Crippen molar-refractivity contribution in [2.75, 3.05) is 32.7 Å². The van der Waals surface area contributed by atoms with Crippen LogP contribution in [0, 0.1) is 0 Å². The van der Waals surface area contributed by atoms with Crippen LogP contribution in [0.3, 0.4) is 0 Å². The maximum Gasteiger partial charge on any atom is 0.234 e. The Morgan fingerprint density at radius 2 is 2.00 bits per heavy atom. The van der Waals surface area contributed by atoms with E-state index >= 15 is 0 Å². The summed E-state index contributed by atoms with van der Waals surface area (Å²) in [4.78, 5) is 33.0. The molecule has 26 heavy (non-hydrogen) atoms. The van der Waals surface area contributed by atoms with E-state index in [-0.39, 0.29) is 11.8 Å². The second kappa shape index (κ2) is 7.85. The third kappa shape index (κ3) is 4.49. The molecule has 1 saturated heterocycles. The summed E-state index contributed by atoms with van der Waals surface area (Å²) < 4.78 is 0. The molecule has 0 atom stereocenters. The maximum absolute atomic E-state index is 12.5. The van der Waals surface area contributed by atoms with E-state index in [0.717, 1.165) is 42.2 Å². The van der Waals surface area contributed by atoms with Crippen molar-refractivity contribution < 1.29 is 9.59 Å². The van der Waals surface area contributed by atoms with Gasteiger partial charge in [-0.2, -0.15) is 11.3 Å². The molecular weight excluding hydrogens is 368 g/mol. The SMILES string of the molecule is O=C(CN1CCN(C(=O)Cc2csc(-c3ccsc3)n2)CC1)NC1CC1. The monoisotopic (exact) mass is 390 g/mol. The van der Waals surface area contributed by atoms with E-state index in [1.54, 1.807) is 22.7 Å². The van der Waals surface area contributed by atoms with Crippen molar-refractivity contribution in [3.63, 3.8) is 0 Å². The lowest BCUT2D eigenvalue weighted by Crippen LogP contribution is -2.51. The molecule has 0 aromatic carbocycles. The summed E-state index contributed by atoms with van der Waals surface area (Å²) in [7, 11) is 0. The van der Waals surface area contributed by atoms with Gasteiger partial charge in [-0.05, 0) is 24.3 Å². The summed E-state index contributed by atoms with van der Waals surface area (Å²) >= 11 is 3.23. The first kappa shape index (κ1) is 17.6. The van der Waals surface area contributed by atoms with Crippen LogP contribution < -0.4 is 5.32 Å². The summed E-state index contributed by atoms with van der Waals surface area (Å²) in [5.41, 5.74) is 1.96. The molecule has 2 fully saturated rings. The average molecular weight is 391 g/mol. The van der Waals surface area contributed by atoms with Crippen molar-refractivity contribution in [1.82, 2.24) is 20.1 Å². The van der Waals surface area contributed by atoms with Gasteiger partial charge in [0.25, 0.3) is 0 Å². The van der Waals surface area contributed by atoms with Crippen molar-refractivity contribution in [3.05, 3.63) is 27.9 Å². The number of amides is 2. The van der Waals surface area contributed by atoms with Crippen LogP contribution in [0.1, 0.15) is 18.5 Å². The highest BCUT2D eigenvalue weighted by Crippen LogP contribution is 2.26. The Hall–Kier alpha value is -1.77. The van der Waals surface area contributed by atoms with Crippen molar-refractivity contribution in [2.45, 2.75) is 25.3 Å². The van der Waals surface area contributed by atoms with Crippen LogP contribution in [0.15, 0.2) is 22.2 Å². The van der Waals surface area contributed by atoms with Crippen LogP contribution in [0.25, 0.3) is 10.6 Å². The molecule has 6 nitrogen and oxygen atoms in total. The van der Waals surface area contributed by atoms with E-state index < -0.39 is 0 Å². The average Bonchev–Trinajstić information content (AvgIpc) is 3.11. The van der Waals surface area contributed by atoms with E-state index in [4.69, 9.17) is 0 Å². The number of carbonyl (C=O) groups excluding carboxylic acids is 2. The van der Waals surface area contributed by atoms with Gasteiger partial charge >= 0.3 is 0 Å². The van der Waals surface area contributed by atoms with Gasteiger partial charge in [-0.15, -0.1) is 11.3 Å². The van der Waals surface area contributed by atoms with Crippen LogP contribution in [0.2, 0.25) is 0 Å². The molecule has 1 N–H and O–H groups in total. The Bertz CT molecular complexity index is 762. The van der Waals surface area contributed by atoms with E-state index in [1.807, 2.05) is 21.7 Å². The van der Waals surface area contributed by atoms with Gasteiger partial charge < -0.3 is 10.2 Å². The molecule has 3 heterocycles. The largest absolute Gasteiger partial charge is 0.352 e. The van der Waals surface area contributed by atoms with E-state index in [1.165, 1.54) is 0 Å². The first-order valence-electron chi connectivity index (χ1n) is 8.94. The fourth-order valence-electron chi connectivity index (χ4n) is 3.03. The molecule has 2 aromatic heterocycles. The molecule has 4 rings (SSSR count). The van der Waals surface area contributed by atoms with Crippen LogP contribution in [-0.2, 0) is 16.0 Å². The van der Waals surface area contributed by atoms with Gasteiger partial charge in [0.05, 0.1) is 18.7 Å². The highest BCUT2D eigenvalue weighted by molar-refractivity contribution is 7.14. The van der Waals surface area contributed by atoms with Crippen molar-refractivity contribution in [3.8, 4) is 10.6 Å². The Balaban J connectivity index is 1.24. The minimum Gasteiger partial charge on any atom is -0.352 e. The number of rotatable bonds is 6. The predicted octanol–water partition coefficient (Wildman–Crippen LogP) is 1.84. The van der Waals surface area contributed by atoms with Gasteiger partial charge in [-0.25, -0.2) is 4.98 Å². The third-order valence-electron chi connectivity index (χ3n) is 4.69. The molecule has 0 unspecified atom stereocenters. The van der Waals surface area contributed by atoms with Gasteiger partial charge in [0.1, 0.15) is 5.01 Å². The minimum absolute atomic E-state index is 0.107. The van der Waals surface area contributed by atoms with Gasteiger partial charge in [-0.3, -0.25) is 14.5 Å². The Morgan fingerprint density at radius 1 is 1.19 bits per heavy atom. The Morgan fingerprint density at radius 3 is 2.69 bits per heavy atom. The molecule has 2 amide bonds. The third-order valence-corrected chi connectivity index (χ3v) is 6.31. The fraction of sp³-hybridized carbons (Fsp3) is 0.500. The molecule has 138 valence electrons. The molecule has 2 aromatic rings. The standard InChI is InChI=1S/C18H22N4O2S2/c23-16(19-14-1-2-14)10-21-4-6-22(7-5-21)17(24)9-15-12-26-18(20-15)13-3-8-25-11-13/h3,8,11-12,14H,1-2,4-7,9-10H2,(H,19,23). The number of hydrogen-bond acceptors (Lipinski definition) is 6. The van der Waals surface area contributed by atoms with Crippen molar-refractivity contribution >= 4 is 34.5 Å². The van der Waals surface area contributed by atoms with Gasteiger partial charge in [0.15, 0.2) is 0 Å². The van der Waals surface area contributed by atoms with Crippen molar-refractivity contribution in [2.24, 2.45) is 0 Å². The number of piperazine rings is 1. The van der Waals surface area contributed by atoms with Crippen LogP contribution in [-0.4, -0.2) is 65.4 Å². The molecule has 0 spiro atoms. The number of nitrogens with one attached hydrogen (secondary N) is 1. The van der Waals surface area contributed by atoms with Crippen LogP contribution in [0.5, 0.6) is 0 Å². The zero-order chi connectivity index (χ0) is 17.9. The Labute approximate surface area is 160 Å². The lowest BCUT2D eigenvalue weighted by atomic mass is 10.2. The number of carbonyl (C=O) groups is 2. The molecule has 0 bridgehead atoms. The first-order chi connectivity index (χ1) is 12.7. The molecule has 8 heteroatoms. The second-order valence-electron chi connectivity index (χ2n) is 6.83. The molecule has 1 aliphatic carbocycles. The van der Waals surface area contributed by atoms with Crippen LogP contribution in [0.4, 0.5) is 0 Å².